The molecule has 0 aliphatic rings. The number of aliphatic imine (C=N–C) groups is 1. The van der Waals surface area contributed by atoms with Crippen molar-refractivity contribution >= 4 is 11.6 Å². The van der Waals surface area contributed by atoms with E-state index in [2.05, 4.69) is 36.4 Å². The molecule has 0 fully saturated rings. The molecule has 5 heteroatoms. The lowest BCUT2D eigenvalue weighted by atomic mass is 10.1. The van der Waals surface area contributed by atoms with E-state index in [4.69, 9.17) is 10.00 Å². The van der Waals surface area contributed by atoms with Crippen LogP contribution < -0.4 is 15.4 Å². The molecule has 24 heavy (non-hydrogen) atoms. The average Bonchev–Trinajstić information content (AvgIpc) is 2.56. The molecule has 0 spiro atoms. The van der Waals surface area contributed by atoms with Gasteiger partial charge in [-0.15, -0.1) is 0 Å². The van der Waals surface area contributed by atoms with Crippen molar-refractivity contribution in [3.8, 4) is 11.9 Å². The fourth-order valence-corrected chi connectivity index (χ4v) is 2.09. The number of hydrogen-bond acceptors (Lipinski definition) is 3. The monoisotopic (exact) mass is 330 g/mol. The largest absolute Gasteiger partial charge is 0.494 e. The van der Waals surface area contributed by atoms with Crippen LogP contribution in [0, 0.1) is 17.4 Å². The molecule has 0 aromatic heterocycles. The minimum atomic E-state index is 0.478. The summed E-state index contributed by atoms with van der Waals surface area (Å²) in [5, 5.41) is 14.5. The van der Waals surface area contributed by atoms with Crippen LogP contribution in [0.1, 0.15) is 52.9 Å². The first-order valence-electron chi connectivity index (χ1n) is 8.85. The number of benzene rings is 1. The number of guanidine groups is 1. The summed E-state index contributed by atoms with van der Waals surface area (Å²) in [5.74, 6) is 1.93. The molecule has 5 nitrogen and oxygen atoms in total. The maximum atomic E-state index is 8.82. The normalized spacial score (nSPS) is 11.2. The second kappa shape index (κ2) is 12.2. The quantitative estimate of drug-likeness (QED) is 0.217. The molecule has 132 valence electrons. The molecular formula is C19H30N4O. The molecule has 0 amide bonds. The Hall–Kier alpha value is -2.22. The van der Waals surface area contributed by atoms with Gasteiger partial charge >= 0.3 is 0 Å². The van der Waals surface area contributed by atoms with Crippen molar-refractivity contribution in [2.24, 2.45) is 10.9 Å². The van der Waals surface area contributed by atoms with Gasteiger partial charge in [0.15, 0.2) is 6.19 Å². The maximum Gasteiger partial charge on any atom is 0.209 e. The van der Waals surface area contributed by atoms with Gasteiger partial charge in [0.05, 0.1) is 6.61 Å². The van der Waals surface area contributed by atoms with Crippen LogP contribution in [-0.4, -0.2) is 19.1 Å². The first-order chi connectivity index (χ1) is 11.7. The zero-order chi connectivity index (χ0) is 17.6. The number of unbranched alkanes of at least 4 members (excludes halogenated alkanes) is 3. The molecule has 0 aliphatic carbocycles. The predicted molar refractivity (Wildman–Crippen MR) is 100 cm³/mol. The lowest BCUT2D eigenvalue weighted by Crippen LogP contribution is -2.27. The summed E-state index contributed by atoms with van der Waals surface area (Å²) in [7, 11) is 0. The van der Waals surface area contributed by atoms with Crippen LogP contribution in [0.2, 0.25) is 0 Å². The van der Waals surface area contributed by atoms with Crippen LogP contribution in [0.3, 0.4) is 0 Å². The summed E-state index contributed by atoms with van der Waals surface area (Å²) in [5.41, 5.74) is 0.874. The van der Waals surface area contributed by atoms with Gasteiger partial charge in [0.25, 0.3) is 0 Å². The number of hydrogen-bond donors (Lipinski definition) is 2. The van der Waals surface area contributed by atoms with Gasteiger partial charge in [-0.1, -0.05) is 40.0 Å². The Labute approximate surface area is 146 Å². The Morgan fingerprint density at radius 1 is 1.21 bits per heavy atom. The van der Waals surface area contributed by atoms with Gasteiger partial charge in [0, 0.05) is 12.2 Å². The molecule has 0 radical (unpaired) electrons. The molecule has 0 unspecified atom stereocenters. The molecule has 2 N–H and O–H groups in total. The summed E-state index contributed by atoms with van der Waals surface area (Å²) < 4.78 is 5.73. The number of anilines is 1. The first-order valence-corrected chi connectivity index (χ1v) is 8.85. The van der Waals surface area contributed by atoms with E-state index in [9.17, 15) is 0 Å². The highest BCUT2D eigenvalue weighted by Crippen LogP contribution is 2.16. The Morgan fingerprint density at radius 3 is 2.58 bits per heavy atom. The minimum Gasteiger partial charge on any atom is -0.494 e. The van der Waals surface area contributed by atoms with Crippen LogP contribution in [0.25, 0.3) is 0 Å². The molecule has 1 aromatic rings. The zero-order valence-electron chi connectivity index (χ0n) is 15.1. The lowest BCUT2D eigenvalue weighted by Gasteiger charge is -2.10. The summed E-state index contributed by atoms with van der Waals surface area (Å²) in [6.07, 6.45) is 7.70. The molecule has 0 saturated carbocycles. The van der Waals surface area contributed by atoms with Crippen molar-refractivity contribution in [1.29, 1.82) is 5.26 Å². The van der Waals surface area contributed by atoms with Gasteiger partial charge in [-0.3, -0.25) is 10.3 Å². The molecule has 1 rings (SSSR count). The topological polar surface area (TPSA) is 69.4 Å². The van der Waals surface area contributed by atoms with Gasteiger partial charge in [-0.2, -0.15) is 5.26 Å². The van der Waals surface area contributed by atoms with Crippen LogP contribution in [0.5, 0.6) is 5.75 Å². The van der Waals surface area contributed by atoms with Crippen molar-refractivity contribution in [2.45, 2.75) is 52.9 Å². The summed E-state index contributed by atoms with van der Waals surface area (Å²) >= 11 is 0. The number of rotatable bonds is 10. The van der Waals surface area contributed by atoms with E-state index in [-0.39, 0.29) is 0 Å². The highest BCUT2D eigenvalue weighted by molar-refractivity contribution is 5.94. The number of nitrogens with one attached hydrogen (secondary N) is 2. The molecule has 0 bridgehead atoms. The standard InChI is InChI=1S/C19H30N4O/c1-4-5-6-7-14-24-18-10-8-17(9-11-18)23-19(22-15-20)21-13-12-16(2)3/h8-11,16H,4-7,12-14H2,1-3H3,(H2,21,22,23). The van der Waals surface area contributed by atoms with Crippen molar-refractivity contribution in [1.82, 2.24) is 5.32 Å². The highest BCUT2D eigenvalue weighted by atomic mass is 16.5. The van der Waals surface area contributed by atoms with E-state index in [1.54, 1.807) is 0 Å². The minimum absolute atomic E-state index is 0.478. The third-order valence-electron chi connectivity index (χ3n) is 3.53. The van der Waals surface area contributed by atoms with Gasteiger partial charge in [-0.25, -0.2) is 0 Å². The van der Waals surface area contributed by atoms with Crippen molar-refractivity contribution in [3.05, 3.63) is 24.3 Å². The van der Waals surface area contributed by atoms with Crippen molar-refractivity contribution < 1.29 is 4.74 Å². The summed E-state index contributed by atoms with van der Waals surface area (Å²) in [6.45, 7) is 7.95. The SMILES string of the molecule is CCCCCCOc1ccc(NC(=NCCC(C)C)NC#N)cc1. The zero-order valence-corrected chi connectivity index (χ0v) is 15.1. The second-order valence-electron chi connectivity index (χ2n) is 6.21. The molecule has 0 aliphatic heterocycles. The van der Waals surface area contributed by atoms with Crippen LogP contribution >= 0.6 is 0 Å². The van der Waals surface area contributed by atoms with E-state index < -0.39 is 0 Å². The second-order valence-corrected chi connectivity index (χ2v) is 6.21. The molecule has 1 aromatic carbocycles. The lowest BCUT2D eigenvalue weighted by molar-refractivity contribution is 0.305. The predicted octanol–water partition coefficient (Wildman–Crippen LogP) is 4.53. The van der Waals surface area contributed by atoms with E-state index in [1.807, 2.05) is 30.5 Å². The van der Waals surface area contributed by atoms with E-state index in [1.165, 1.54) is 19.3 Å². The van der Waals surface area contributed by atoms with E-state index in [0.717, 1.165) is 30.9 Å². The Kier molecular flexibility index (Phi) is 10.1. The third-order valence-corrected chi connectivity index (χ3v) is 3.53. The van der Waals surface area contributed by atoms with E-state index in [0.29, 0.717) is 18.4 Å². The average molecular weight is 330 g/mol. The van der Waals surface area contributed by atoms with Crippen LogP contribution in [0.4, 0.5) is 5.69 Å². The number of ether oxygens (including phenoxy) is 1. The Morgan fingerprint density at radius 2 is 1.96 bits per heavy atom. The van der Waals surface area contributed by atoms with Crippen LogP contribution in [0.15, 0.2) is 29.3 Å². The number of nitrogens with zero attached hydrogens (tertiary/aromatic N) is 2. The van der Waals surface area contributed by atoms with Gasteiger partial charge in [-0.05, 0) is 43.0 Å². The van der Waals surface area contributed by atoms with Crippen molar-refractivity contribution in [2.75, 3.05) is 18.5 Å². The Bertz CT molecular complexity index is 517. The summed E-state index contributed by atoms with van der Waals surface area (Å²) in [4.78, 5) is 4.39. The smallest absolute Gasteiger partial charge is 0.209 e. The first kappa shape index (κ1) is 19.8. The maximum absolute atomic E-state index is 8.82. The highest BCUT2D eigenvalue weighted by Gasteiger charge is 2.01. The fourth-order valence-electron chi connectivity index (χ4n) is 2.09. The van der Waals surface area contributed by atoms with Crippen molar-refractivity contribution in [3.63, 3.8) is 0 Å². The fraction of sp³-hybridized carbons (Fsp3) is 0.579. The molecular weight excluding hydrogens is 300 g/mol. The van der Waals surface area contributed by atoms with Gasteiger partial charge in [0.2, 0.25) is 5.96 Å². The number of nitriles is 1. The van der Waals surface area contributed by atoms with Gasteiger partial charge < -0.3 is 10.1 Å². The molecule has 0 saturated heterocycles. The molecule has 0 atom stereocenters. The molecule has 0 heterocycles. The third kappa shape index (κ3) is 9.04. The van der Waals surface area contributed by atoms with Gasteiger partial charge in [0.1, 0.15) is 5.75 Å². The summed E-state index contributed by atoms with van der Waals surface area (Å²) in [6, 6.07) is 7.72. The van der Waals surface area contributed by atoms with E-state index >= 15 is 0 Å². The Balaban J connectivity index is 2.46. The van der Waals surface area contributed by atoms with Crippen LogP contribution in [-0.2, 0) is 0 Å².